The highest BCUT2D eigenvalue weighted by Crippen LogP contribution is 2.44. The first kappa shape index (κ1) is 23.0. The molecule has 0 aliphatic carbocycles. The van der Waals surface area contributed by atoms with Gasteiger partial charge >= 0.3 is 5.91 Å². The fourth-order valence-electron chi connectivity index (χ4n) is 3.92. The van der Waals surface area contributed by atoms with Crippen LogP contribution in [0.15, 0.2) is 94.8 Å². The number of aromatic nitrogens is 2. The number of thioether (sulfide) groups is 1. The lowest BCUT2D eigenvalue weighted by atomic mass is 9.95. The van der Waals surface area contributed by atoms with E-state index in [-0.39, 0.29) is 11.3 Å². The first-order valence-electron chi connectivity index (χ1n) is 11.0. The third kappa shape index (κ3) is 4.62. The molecule has 1 N–H and O–H groups in total. The number of benzene rings is 3. The van der Waals surface area contributed by atoms with Gasteiger partial charge in [-0.1, -0.05) is 114 Å². The molecule has 35 heavy (non-hydrogen) atoms. The van der Waals surface area contributed by atoms with Gasteiger partial charge in [0.05, 0.1) is 11.6 Å². The second-order valence-corrected chi connectivity index (χ2v) is 10.2. The topological polar surface area (TPSA) is 83.4 Å². The Hall–Kier alpha value is -3.75. The van der Waals surface area contributed by atoms with Crippen LogP contribution in [-0.2, 0) is 15.3 Å². The summed E-state index contributed by atoms with van der Waals surface area (Å²) in [5.74, 6) is -0.971. The number of rotatable bonds is 6. The number of aryl methyl sites for hydroxylation is 1. The monoisotopic (exact) mass is 499 g/mol. The highest BCUT2D eigenvalue weighted by Gasteiger charge is 2.48. The SMILES string of the molecule is Cc1ccc(/C(O)=C2/C(=O)C(=O)N(c3nnc(SCc4ccccc4)s3)C2c2ccccc2)cc1. The van der Waals surface area contributed by atoms with Gasteiger partial charge < -0.3 is 5.11 Å². The van der Waals surface area contributed by atoms with Crippen LogP contribution < -0.4 is 4.90 Å². The number of amides is 1. The molecule has 8 heteroatoms. The standard InChI is InChI=1S/C27H21N3O3S2/c1-17-12-14-20(15-13-17)23(31)21-22(19-10-6-3-7-11-19)30(25(33)24(21)32)26-28-29-27(35-26)34-16-18-8-4-2-5-9-18/h2-15,22,31H,16H2,1H3/b23-21-. The molecule has 4 aromatic rings. The average molecular weight is 500 g/mol. The highest BCUT2D eigenvalue weighted by atomic mass is 32.2. The molecule has 0 radical (unpaired) electrons. The summed E-state index contributed by atoms with van der Waals surface area (Å²) < 4.78 is 0.691. The minimum absolute atomic E-state index is 0.0405. The highest BCUT2D eigenvalue weighted by molar-refractivity contribution is 8.00. The summed E-state index contributed by atoms with van der Waals surface area (Å²) in [6, 6.07) is 25.6. The molecule has 5 rings (SSSR count). The van der Waals surface area contributed by atoms with Gasteiger partial charge in [0.15, 0.2) is 4.34 Å². The normalized spacial score (nSPS) is 17.2. The minimum Gasteiger partial charge on any atom is -0.507 e. The van der Waals surface area contributed by atoms with Crippen molar-refractivity contribution in [2.75, 3.05) is 4.90 Å². The fraction of sp³-hybridized carbons (Fsp3) is 0.111. The Morgan fingerprint density at radius 1 is 0.943 bits per heavy atom. The lowest BCUT2D eigenvalue weighted by Gasteiger charge is -2.22. The van der Waals surface area contributed by atoms with E-state index >= 15 is 0 Å². The largest absolute Gasteiger partial charge is 0.507 e. The second kappa shape index (κ2) is 9.85. The van der Waals surface area contributed by atoms with Crippen LogP contribution >= 0.6 is 23.1 Å². The summed E-state index contributed by atoms with van der Waals surface area (Å²) in [5.41, 5.74) is 3.40. The van der Waals surface area contributed by atoms with E-state index in [2.05, 4.69) is 10.2 Å². The quantitative estimate of drug-likeness (QED) is 0.119. The molecule has 174 valence electrons. The van der Waals surface area contributed by atoms with Gasteiger partial charge in [-0.05, 0) is 18.1 Å². The van der Waals surface area contributed by atoms with Crippen LogP contribution in [0.3, 0.4) is 0 Å². The van der Waals surface area contributed by atoms with E-state index in [1.54, 1.807) is 12.1 Å². The molecule has 0 bridgehead atoms. The van der Waals surface area contributed by atoms with Crippen molar-refractivity contribution in [2.45, 2.75) is 23.1 Å². The Labute approximate surface area is 211 Å². The van der Waals surface area contributed by atoms with E-state index in [9.17, 15) is 14.7 Å². The lowest BCUT2D eigenvalue weighted by Crippen LogP contribution is -2.29. The molecule has 1 amide bonds. The third-order valence-corrected chi connectivity index (χ3v) is 7.82. The van der Waals surface area contributed by atoms with Crippen LogP contribution in [0.25, 0.3) is 5.76 Å². The molecule has 0 spiro atoms. The van der Waals surface area contributed by atoms with Gasteiger partial charge in [0.2, 0.25) is 5.13 Å². The van der Waals surface area contributed by atoms with Gasteiger partial charge in [0.25, 0.3) is 5.78 Å². The number of anilines is 1. The van der Waals surface area contributed by atoms with Crippen LogP contribution in [0.5, 0.6) is 0 Å². The van der Waals surface area contributed by atoms with Crippen molar-refractivity contribution >= 4 is 45.7 Å². The molecule has 1 aliphatic heterocycles. The van der Waals surface area contributed by atoms with E-state index in [4.69, 9.17) is 0 Å². The van der Waals surface area contributed by atoms with Crippen LogP contribution in [0.2, 0.25) is 0 Å². The van der Waals surface area contributed by atoms with Crippen LogP contribution in [0.4, 0.5) is 5.13 Å². The number of hydrogen-bond acceptors (Lipinski definition) is 7. The van der Waals surface area contributed by atoms with Gasteiger partial charge in [-0.15, -0.1) is 10.2 Å². The van der Waals surface area contributed by atoms with E-state index < -0.39 is 17.7 Å². The Kier molecular flexibility index (Phi) is 6.48. The summed E-state index contributed by atoms with van der Waals surface area (Å²) in [4.78, 5) is 27.8. The maximum Gasteiger partial charge on any atom is 0.301 e. The molecule has 0 saturated carbocycles. The van der Waals surface area contributed by atoms with E-state index in [1.165, 1.54) is 28.0 Å². The summed E-state index contributed by atoms with van der Waals surface area (Å²) in [5, 5.41) is 20.0. The molecule has 1 atom stereocenters. The first-order valence-corrected chi connectivity index (χ1v) is 12.8. The Morgan fingerprint density at radius 2 is 1.60 bits per heavy atom. The van der Waals surface area contributed by atoms with Crippen molar-refractivity contribution in [3.8, 4) is 0 Å². The Bertz CT molecular complexity index is 1400. The zero-order chi connectivity index (χ0) is 24.4. The number of Topliss-reactive ketones (excluding diaryl/α,β-unsaturated/α-hetero) is 1. The molecule has 6 nitrogen and oxygen atoms in total. The number of nitrogens with zero attached hydrogens (tertiary/aromatic N) is 3. The molecule has 1 fully saturated rings. The summed E-state index contributed by atoms with van der Waals surface area (Å²) in [6.07, 6.45) is 0. The zero-order valence-electron chi connectivity index (χ0n) is 18.8. The van der Waals surface area contributed by atoms with E-state index in [0.717, 1.165) is 11.1 Å². The molecular weight excluding hydrogens is 478 g/mol. The van der Waals surface area contributed by atoms with Crippen molar-refractivity contribution < 1.29 is 14.7 Å². The molecule has 1 aromatic heterocycles. The van der Waals surface area contributed by atoms with E-state index in [0.29, 0.717) is 26.4 Å². The summed E-state index contributed by atoms with van der Waals surface area (Å²) in [7, 11) is 0. The molecule has 3 aromatic carbocycles. The number of ketones is 1. The first-order chi connectivity index (χ1) is 17.0. The smallest absolute Gasteiger partial charge is 0.301 e. The lowest BCUT2D eigenvalue weighted by molar-refractivity contribution is -0.132. The predicted molar refractivity (Wildman–Crippen MR) is 138 cm³/mol. The van der Waals surface area contributed by atoms with Crippen molar-refractivity contribution in [3.63, 3.8) is 0 Å². The van der Waals surface area contributed by atoms with Gasteiger partial charge in [-0.3, -0.25) is 14.5 Å². The fourth-order valence-corrected chi connectivity index (χ4v) is 5.75. The molecule has 2 heterocycles. The molecule has 1 aliphatic rings. The van der Waals surface area contributed by atoms with Gasteiger partial charge in [0, 0.05) is 11.3 Å². The minimum atomic E-state index is -0.808. The van der Waals surface area contributed by atoms with Crippen LogP contribution in [0.1, 0.15) is 28.3 Å². The maximum absolute atomic E-state index is 13.2. The van der Waals surface area contributed by atoms with Crippen molar-refractivity contribution in [2.24, 2.45) is 0 Å². The average Bonchev–Trinajstić information content (AvgIpc) is 3.46. The molecular formula is C27H21N3O3S2. The summed E-state index contributed by atoms with van der Waals surface area (Å²) in [6.45, 7) is 1.94. The van der Waals surface area contributed by atoms with E-state index in [1.807, 2.05) is 79.7 Å². The number of carbonyl (C=O) groups is 2. The third-order valence-electron chi connectivity index (χ3n) is 5.69. The zero-order valence-corrected chi connectivity index (χ0v) is 20.4. The van der Waals surface area contributed by atoms with Gasteiger partial charge in [0.1, 0.15) is 5.76 Å². The number of hydrogen-bond donors (Lipinski definition) is 1. The van der Waals surface area contributed by atoms with Gasteiger partial charge in [-0.25, -0.2) is 0 Å². The Balaban J connectivity index is 1.53. The number of carbonyl (C=O) groups excluding carboxylic acids is 2. The molecule has 1 unspecified atom stereocenters. The number of aliphatic hydroxyl groups is 1. The summed E-state index contributed by atoms with van der Waals surface area (Å²) >= 11 is 2.77. The Morgan fingerprint density at radius 3 is 2.29 bits per heavy atom. The van der Waals surface area contributed by atoms with Crippen LogP contribution in [0, 0.1) is 6.92 Å². The van der Waals surface area contributed by atoms with Gasteiger partial charge in [-0.2, -0.15) is 0 Å². The maximum atomic E-state index is 13.2. The van der Waals surface area contributed by atoms with Crippen molar-refractivity contribution in [1.29, 1.82) is 0 Å². The van der Waals surface area contributed by atoms with Crippen molar-refractivity contribution in [1.82, 2.24) is 10.2 Å². The van der Waals surface area contributed by atoms with Crippen molar-refractivity contribution in [3.05, 3.63) is 113 Å². The second-order valence-electron chi connectivity index (χ2n) is 8.07. The predicted octanol–water partition coefficient (Wildman–Crippen LogP) is 5.77. The molecule has 1 saturated heterocycles. The number of aliphatic hydroxyl groups excluding tert-OH is 1. The van der Waals surface area contributed by atoms with Crippen LogP contribution in [-0.4, -0.2) is 27.0 Å².